The van der Waals surface area contributed by atoms with E-state index >= 15 is 0 Å². The molecule has 0 saturated heterocycles. The second-order valence-electron chi connectivity index (χ2n) is 16.9. The first-order valence-corrected chi connectivity index (χ1v) is 21.7. The predicted octanol–water partition coefficient (Wildman–Crippen LogP) is 15.6. The Bertz CT molecular complexity index is 3030. The number of benzene rings is 10. The molecule has 0 heterocycles. The smallest absolute Gasteiger partial charge is 0.131 e. The van der Waals surface area contributed by atoms with Crippen LogP contribution >= 0.6 is 0 Å². The third-order valence-corrected chi connectivity index (χ3v) is 12.3. The lowest BCUT2D eigenvalue weighted by atomic mass is 9.88. The van der Waals surface area contributed by atoms with Crippen LogP contribution in [0.15, 0.2) is 182 Å². The Morgan fingerprint density at radius 2 is 0.667 bits per heavy atom. The molecule has 63 heavy (non-hydrogen) atoms. The molecule has 2 N–H and O–H groups in total. The zero-order valence-corrected chi connectivity index (χ0v) is 35.9. The van der Waals surface area contributed by atoms with Gasteiger partial charge in [0, 0.05) is 50.9 Å². The van der Waals surface area contributed by atoms with Crippen molar-refractivity contribution in [2.45, 2.75) is 46.3 Å². The van der Waals surface area contributed by atoms with E-state index in [1.54, 1.807) is 0 Å². The first-order valence-electron chi connectivity index (χ1n) is 21.7. The lowest BCUT2D eigenvalue weighted by Crippen LogP contribution is -2.23. The molecular weight excluding hydrogens is 773 g/mol. The standard InChI is InChI=1S/C59H48O4/c1-36-29-50(58(60)52(31-36)56-44-21-9-5-17-40(44)34-41-18-6-10-22-45(41)56)48-25-13-15-27-54(48)62-38(3)33-39(4)63-55-28-16-14-26-49(55)51-30-37(2)32-53(59(51)61)57-46-23-11-7-19-42(46)35-43-20-8-12-24-47(43)57/h5-32,34-35,38-39,60-61H,33H2,1-4H3. The van der Waals surface area contributed by atoms with Gasteiger partial charge in [0.25, 0.3) is 0 Å². The van der Waals surface area contributed by atoms with E-state index in [1.165, 1.54) is 0 Å². The van der Waals surface area contributed by atoms with Gasteiger partial charge in [-0.2, -0.15) is 0 Å². The minimum Gasteiger partial charge on any atom is -0.507 e. The van der Waals surface area contributed by atoms with Crippen molar-refractivity contribution in [3.8, 4) is 67.5 Å². The van der Waals surface area contributed by atoms with Crippen LogP contribution in [0.5, 0.6) is 23.0 Å². The van der Waals surface area contributed by atoms with Crippen LogP contribution in [-0.2, 0) is 0 Å². The number of aromatic hydroxyl groups is 2. The Morgan fingerprint density at radius 1 is 0.365 bits per heavy atom. The van der Waals surface area contributed by atoms with Crippen LogP contribution in [0.25, 0.3) is 87.6 Å². The number of fused-ring (bicyclic) bond motifs is 4. The average molecular weight is 821 g/mol. The van der Waals surface area contributed by atoms with Crippen LogP contribution < -0.4 is 9.47 Å². The van der Waals surface area contributed by atoms with Crippen molar-refractivity contribution in [3.63, 3.8) is 0 Å². The largest absolute Gasteiger partial charge is 0.507 e. The van der Waals surface area contributed by atoms with Crippen molar-refractivity contribution in [1.82, 2.24) is 0 Å². The molecule has 4 heteroatoms. The highest BCUT2D eigenvalue weighted by Gasteiger charge is 2.23. The Labute approximate surface area is 368 Å². The van der Waals surface area contributed by atoms with Gasteiger partial charge in [-0.25, -0.2) is 0 Å². The first-order chi connectivity index (χ1) is 30.7. The summed E-state index contributed by atoms with van der Waals surface area (Å²) in [5.74, 6) is 1.81. The molecule has 0 bridgehead atoms. The first kappa shape index (κ1) is 39.6. The third-order valence-electron chi connectivity index (χ3n) is 12.3. The molecule has 10 rings (SSSR count). The van der Waals surface area contributed by atoms with E-state index in [4.69, 9.17) is 9.47 Å². The summed E-state index contributed by atoms with van der Waals surface area (Å²) in [5.41, 5.74) is 8.76. The van der Waals surface area contributed by atoms with Gasteiger partial charge in [0.05, 0.1) is 12.2 Å². The monoisotopic (exact) mass is 820 g/mol. The van der Waals surface area contributed by atoms with Crippen LogP contribution in [-0.4, -0.2) is 22.4 Å². The Hall–Kier alpha value is -7.56. The Kier molecular flexibility index (Phi) is 10.3. The van der Waals surface area contributed by atoms with Crippen molar-refractivity contribution in [3.05, 3.63) is 193 Å². The molecule has 0 aliphatic carbocycles. The maximum atomic E-state index is 12.2. The number of phenolic OH excluding ortho intramolecular Hbond substituents is 2. The van der Waals surface area contributed by atoms with Gasteiger partial charge in [0.2, 0.25) is 0 Å². The van der Waals surface area contributed by atoms with Gasteiger partial charge in [-0.1, -0.05) is 133 Å². The molecule has 0 aliphatic rings. The van der Waals surface area contributed by atoms with Crippen molar-refractivity contribution in [2.75, 3.05) is 0 Å². The summed E-state index contributed by atoms with van der Waals surface area (Å²) in [6.07, 6.45) is 0.115. The second kappa shape index (κ2) is 16.4. The fourth-order valence-electron chi connectivity index (χ4n) is 9.54. The van der Waals surface area contributed by atoms with E-state index in [1.807, 2.05) is 60.7 Å². The van der Waals surface area contributed by atoms with Crippen LogP contribution in [0.3, 0.4) is 0 Å². The lowest BCUT2D eigenvalue weighted by Gasteiger charge is -2.24. The highest BCUT2D eigenvalue weighted by Crippen LogP contribution is 2.48. The van der Waals surface area contributed by atoms with Crippen LogP contribution in [0.2, 0.25) is 0 Å². The Balaban J connectivity index is 0.945. The second-order valence-corrected chi connectivity index (χ2v) is 16.9. The van der Waals surface area contributed by atoms with E-state index in [9.17, 15) is 10.2 Å². The van der Waals surface area contributed by atoms with Gasteiger partial charge < -0.3 is 19.7 Å². The van der Waals surface area contributed by atoms with Crippen LogP contribution in [0.1, 0.15) is 31.4 Å². The zero-order valence-electron chi connectivity index (χ0n) is 35.9. The molecule has 10 aromatic carbocycles. The minimum atomic E-state index is -0.236. The van der Waals surface area contributed by atoms with E-state index in [0.717, 1.165) is 98.7 Å². The third kappa shape index (κ3) is 7.38. The molecule has 2 unspecified atom stereocenters. The van der Waals surface area contributed by atoms with Gasteiger partial charge in [0.1, 0.15) is 23.0 Å². The van der Waals surface area contributed by atoms with E-state index in [0.29, 0.717) is 17.9 Å². The molecule has 0 spiro atoms. The van der Waals surface area contributed by atoms with Gasteiger partial charge >= 0.3 is 0 Å². The van der Waals surface area contributed by atoms with E-state index in [-0.39, 0.29) is 23.7 Å². The average Bonchev–Trinajstić information content (AvgIpc) is 3.29. The molecule has 0 aromatic heterocycles. The predicted molar refractivity (Wildman–Crippen MR) is 262 cm³/mol. The highest BCUT2D eigenvalue weighted by molar-refractivity contribution is 6.15. The molecule has 4 nitrogen and oxygen atoms in total. The zero-order chi connectivity index (χ0) is 43.2. The number of aryl methyl sites for hydroxylation is 2. The van der Waals surface area contributed by atoms with Crippen molar-refractivity contribution in [1.29, 1.82) is 0 Å². The highest BCUT2D eigenvalue weighted by atomic mass is 16.5. The summed E-state index contributed by atoms with van der Waals surface area (Å²) in [5, 5.41) is 33.4. The molecule has 0 saturated carbocycles. The maximum absolute atomic E-state index is 12.2. The van der Waals surface area contributed by atoms with Crippen LogP contribution in [0.4, 0.5) is 0 Å². The van der Waals surface area contributed by atoms with Crippen molar-refractivity contribution < 1.29 is 19.7 Å². The van der Waals surface area contributed by atoms with Gasteiger partial charge in [-0.15, -0.1) is 0 Å². The number of phenols is 2. The minimum absolute atomic E-state index is 0.218. The number of rotatable bonds is 10. The Morgan fingerprint density at radius 3 is 1.03 bits per heavy atom. The van der Waals surface area contributed by atoms with Gasteiger partial charge in [-0.3, -0.25) is 0 Å². The molecule has 308 valence electrons. The van der Waals surface area contributed by atoms with Gasteiger partial charge in [-0.05, 0) is 130 Å². The van der Waals surface area contributed by atoms with E-state index in [2.05, 4.69) is 149 Å². The molecule has 0 fully saturated rings. The number of ether oxygens (including phenoxy) is 2. The lowest BCUT2D eigenvalue weighted by molar-refractivity contribution is 0.131. The van der Waals surface area contributed by atoms with Crippen molar-refractivity contribution >= 4 is 43.1 Å². The summed E-state index contributed by atoms with van der Waals surface area (Å²) < 4.78 is 13.5. The topological polar surface area (TPSA) is 58.9 Å². The molecule has 0 radical (unpaired) electrons. The summed E-state index contributed by atoms with van der Waals surface area (Å²) >= 11 is 0. The molecule has 2 atom stereocenters. The molecule has 0 aliphatic heterocycles. The van der Waals surface area contributed by atoms with E-state index < -0.39 is 0 Å². The normalized spacial score (nSPS) is 12.5. The quantitative estimate of drug-likeness (QED) is 0.135. The SMILES string of the molecule is Cc1cc(-c2ccccc2OC(C)CC(C)Oc2ccccc2-c2cc(C)cc(-c3c4ccccc4cc4ccccc34)c2O)c(O)c(-c2c3ccccc3cc3ccccc23)c1. The molecule has 0 amide bonds. The summed E-state index contributed by atoms with van der Waals surface area (Å²) in [7, 11) is 0. The fraction of sp³-hybridized carbons (Fsp3) is 0.119. The van der Waals surface area contributed by atoms with Gasteiger partial charge in [0.15, 0.2) is 0 Å². The summed E-state index contributed by atoms with van der Waals surface area (Å²) in [6, 6.07) is 62.0. The fourth-order valence-corrected chi connectivity index (χ4v) is 9.54. The molecule has 10 aromatic rings. The number of para-hydroxylation sites is 2. The van der Waals surface area contributed by atoms with Crippen molar-refractivity contribution in [2.24, 2.45) is 0 Å². The summed E-state index contributed by atoms with van der Waals surface area (Å²) in [4.78, 5) is 0. The summed E-state index contributed by atoms with van der Waals surface area (Å²) in [6.45, 7) is 8.26. The number of hydrogen-bond donors (Lipinski definition) is 2. The maximum Gasteiger partial charge on any atom is 0.131 e. The van der Waals surface area contributed by atoms with Crippen LogP contribution in [0, 0.1) is 13.8 Å². The molecular formula is C59H48O4. The number of hydrogen-bond acceptors (Lipinski definition) is 4.